The van der Waals surface area contributed by atoms with Crippen LogP contribution >= 0.6 is 0 Å². The van der Waals surface area contributed by atoms with Crippen molar-refractivity contribution in [2.24, 2.45) is 23.7 Å². The van der Waals surface area contributed by atoms with Crippen LogP contribution in [0, 0.1) is 23.7 Å². The quantitative estimate of drug-likeness (QED) is 0.450. The van der Waals surface area contributed by atoms with E-state index in [0.717, 1.165) is 12.6 Å². The molecule has 4 atom stereocenters. The summed E-state index contributed by atoms with van der Waals surface area (Å²) in [6.45, 7) is 7.02. The first-order chi connectivity index (χ1) is 8.92. The Morgan fingerprint density at radius 3 is 1.89 bits per heavy atom. The smallest absolute Gasteiger partial charge is 0.202 e. The Hall–Kier alpha value is -1.32. The van der Waals surface area contributed by atoms with Crippen molar-refractivity contribution in [1.29, 1.82) is 0 Å². The number of rotatable bonds is 10. The SMILES string of the molecule is CCC(C=O)C(CC)C(=O)C(=O)C(C)CC(C)C=O. The minimum atomic E-state index is -0.524. The minimum Gasteiger partial charge on any atom is -0.303 e. The van der Waals surface area contributed by atoms with Gasteiger partial charge < -0.3 is 9.59 Å². The fourth-order valence-electron chi connectivity index (χ4n) is 2.30. The number of carbonyl (C=O) groups excluding carboxylic acids is 4. The highest BCUT2D eigenvalue weighted by atomic mass is 16.2. The maximum atomic E-state index is 12.1. The van der Waals surface area contributed by atoms with Crippen LogP contribution in [0.25, 0.3) is 0 Å². The summed E-state index contributed by atoms with van der Waals surface area (Å²) in [7, 11) is 0. The van der Waals surface area contributed by atoms with Gasteiger partial charge in [0.1, 0.15) is 12.6 Å². The molecule has 0 aliphatic carbocycles. The summed E-state index contributed by atoms with van der Waals surface area (Å²) in [4.78, 5) is 45.7. The van der Waals surface area contributed by atoms with Gasteiger partial charge >= 0.3 is 0 Å². The average molecular weight is 268 g/mol. The Morgan fingerprint density at radius 2 is 1.53 bits per heavy atom. The number of Topliss-reactive ketones (excluding diaryl/α,β-unsaturated/α-hetero) is 2. The normalized spacial score (nSPS) is 17.1. The highest BCUT2D eigenvalue weighted by Gasteiger charge is 2.32. The molecule has 0 heterocycles. The Morgan fingerprint density at radius 1 is 0.947 bits per heavy atom. The number of aldehydes is 2. The third-order valence-electron chi connectivity index (χ3n) is 3.59. The summed E-state index contributed by atoms with van der Waals surface area (Å²) in [5.74, 6) is -2.54. The Bertz CT molecular complexity index is 335. The zero-order valence-electron chi connectivity index (χ0n) is 12.2. The lowest BCUT2D eigenvalue weighted by Crippen LogP contribution is -2.34. The van der Waals surface area contributed by atoms with Crippen molar-refractivity contribution in [2.75, 3.05) is 0 Å². The lowest BCUT2D eigenvalue weighted by Gasteiger charge is -2.20. The van der Waals surface area contributed by atoms with E-state index in [1.165, 1.54) is 0 Å². The molecule has 0 radical (unpaired) electrons. The van der Waals surface area contributed by atoms with Gasteiger partial charge in [-0.25, -0.2) is 0 Å². The van der Waals surface area contributed by atoms with Gasteiger partial charge in [0.25, 0.3) is 0 Å². The lowest BCUT2D eigenvalue weighted by atomic mass is 9.80. The van der Waals surface area contributed by atoms with E-state index < -0.39 is 29.3 Å². The van der Waals surface area contributed by atoms with Crippen molar-refractivity contribution >= 4 is 24.1 Å². The molecule has 0 rings (SSSR count). The molecule has 0 bridgehead atoms. The first kappa shape index (κ1) is 17.7. The Balaban J connectivity index is 4.81. The molecule has 0 aliphatic rings. The van der Waals surface area contributed by atoms with Gasteiger partial charge in [0.2, 0.25) is 11.6 Å². The Labute approximate surface area is 114 Å². The fraction of sp³-hybridized carbons (Fsp3) is 0.733. The molecule has 4 heteroatoms. The van der Waals surface area contributed by atoms with Gasteiger partial charge in [-0.15, -0.1) is 0 Å². The molecule has 0 aromatic rings. The maximum absolute atomic E-state index is 12.1. The topological polar surface area (TPSA) is 68.3 Å². The van der Waals surface area contributed by atoms with Gasteiger partial charge in [-0.3, -0.25) is 9.59 Å². The van der Waals surface area contributed by atoms with Crippen LogP contribution in [0.2, 0.25) is 0 Å². The molecule has 0 aromatic heterocycles. The van der Waals surface area contributed by atoms with Gasteiger partial charge in [-0.2, -0.15) is 0 Å². The van der Waals surface area contributed by atoms with Crippen LogP contribution < -0.4 is 0 Å². The summed E-state index contributed by atoms with van der Waals surface area (Å²) >= 11 is 0. The van der Waals surface area contributed by atoms with E-state index in [-0.39, 0.29) is 5.92 Å². The van der Waals surface area contributed by atoms with Gasteiger partial charge in [0.05, 0.1) is 0 Å². The zero-order chi connectivity index (χ0) is 15.0. The van der Waals surface area contributed by atoms with Gasteiger partial charge in [0.15, 0.2) is 0 Å². The van der Waals surface area contributed by atoms with Crippen LogP contribution in [0.4, 0.5) is 0 Å². The molecule has 0 saturated heterocycles. The molecular formula is C15H24O4. The van der Waals surface area contributed by atoms with Crippen molar-refractivity contribution in [3.8, 4) is 0 Å². The maximum Gasteiger partial charge on any atom is 0.202 e. The highest BCUT2D eigenvalue weighted by molar-refractivity contribution is 6.38. The molecule has 4 unspecified atom stereocenters. The summed E-state index contributed by atoms with van der Waals surface area (Å²) < 4.78 is 0. The molecular weight excluding hydrogens is 244 g/mol. The number of carbonyl (C=O) groups is 4. The van der Waals surface area contributed by atoms with Crippen molar-refractivity contribution in [2.45, 2.75) is 47.0 Å². The second-order valence-electron chi connectivity index (χ2n) is 5.20. The van der Waals surface area contributed by atoms with Gasteiger partial charge in [-0.1, -0.05) is 27.7 Å². The van der Waals surface area contributed by atoms with E-state index in [4.69, 9.17) is 0 Å². The van der Waals surface area contributed by atoms with E-state index in [1.807, 2.05) is 6.92 Å². The van der Waals surface area contributed by atoms with E-state index in [1.54, 1.807) is 20.8 Å². The molecule has 4 nitrogen and oxygen atoms in total. The van der Waals surface area contributed by atoms with Crippen LogP contribution in [-0.2, 0) is 19.2 Å². The van der Waals surface area contributed by atoms with Crippen molar-refractivity contribution < 1.29 is 19.2 Å². The molecule has 0 fully saturated rings. The number of hydrogen-bond donors (Lipinski definition) is 0. The second-order valence-corrected chi connectivity index (χ2v) is 5.20. The van der Waals surface area contributed by atoms with Crippen molar-refractivity contribution in [1.82, 2.24) is 0 Å². The zero-order valence-corrected chi connectivity index (χ0v) is 12.2. The third kappa shape index (κ3) is 5.05. The molecule has 0 N–H and O–H groups in total. The van der Waals surface area contributed by atoms with E-state index in [2.05, 4.69) is 0 Å². The highest BCUT2D eigenvalue weighted by Crippen LogP contribution is 2.22. The minimum absolute atomic E-state index is 0.236. The van der Waals surface area contributed by atoms with Crippen LogP contribution in [0.15, 0.2) is 0 Å². The van der Waals surface area contributed by atoms with Gasteiger partial charge in [0, 0.05) is 23.7 Å². The van der Waals surface area contributed by atoms with Gasteiger partial charge in [-0.05, 0) is 19.3 Å². The first-order valence-electron chi connectivity index (χ1n) is 6.91. The monoisotopic (exact) mass is 268 g/mol. The van der Waals surface area contributed by atoms with Crippen LogP contribution in [0.3, 0.4) is 0 Å². The van der Waals surface area contributed by atoms with E-state index in [0.29, 0.717) is 19.3 Å². The number of ketones is 2. The standard InChI is InChI=1S/C15H24O4/c1-5-12(9-17)13(6-2)15(19)14(18)11(4)7-10(3)8-16/h8-13H,5-7H2,1-4H3. The third-order valence-corrected chi connectivity index (χ3v) is 3.59. The largest absolute Gasteiger partial charge is 0.303 e. The molecule has 108 valence electrons. The predicted octanol–water partition coefficient (Wildman–Crippen LogP) is 2.24. The van der Waals surface area contributed by atoms with Crippen LogP contribution in [0.1, 0.15) is 47.0 Å². The summed E-state index contributed by atoms with van der Waals surface area (Å²) in [6, 6.07) is 0. The van der Waals surface area contributed by atoms with E-state index in [9.17, 15) is 19.2 Å². The molecule has 0 spiro atoms. The van der Waals surface area contributed by atoms with Crippen molar-refractivity contribution in [3.05, 3.63) is 0 Å². The Kier molecular flexibility index (Phi) is 8.12. The second kappa shape index (κ2) is 8.73. The fourth-order valence-corrected chi connectivity index (χ4v) is 2.30. The summed E-state index contributed by atoms with van der Waals surface area (Å²) in [5.41, 5.74) is 0. The molecule has 19 heavy (non-hydrogen) atoms. The molecule has 0 saturated carbocycles. The first-order valence-corrected chi connectivity index (χ1v) is 6.91. The van der Waals surface area contributed by atoms with E-state index >= 15 is 0 Å². The van der Waals surface area contributed by atoms with Crippen LogP contribution in [0.5, 0.6) is 0 Å². The average Bonchev–Trinajstić information content (AvgIpc) is 2.42. The summed E-state index contributed by atoms with van der Waals surface area (Å²) in [5, 5.41) is 0. The molecule has 0 aliphatic heterocycles. The number of hydrogen-bond acceptors (Lipinski definition) is 4. The predicted molar refractivity (Wildman–Crippen MR) is 72.6 cm³/mol. The van der Waals surface area contributed by atoms with Crippen molar-refractivity contribution in [3.63, 3.8) is 0 Å². The molecule has 0 amide bonds. The lowest BCUT2D eigenvalue weighted by molar-refractivity contribution is -0.143. The van der Waals surface area contributed by atoms with Crippen LogP contribution in [-0.4, -0.2) is 24.1 Å². The molecule has 0 aromatic carbocycles. The summed E-state index contributed by atoms with van der Waals surface area (Å²) in [6.07, 6.45) is 2.96.